The zero-order valence-corrected chi connectivity index (χ0v) is 13.5. The molecule has 0 aromatic rings. The number of hydrogen-bond acceptors (Lipinski definition) is 3. The van der Waals surface area contributed by atoms with Gasteiger partial charge >= 0.3 is 0 Å². The van der Waals surface area contributed by atoms with Crippen molar-refractivity contribution in [3.63, 3.8) is 0 Å². The molecule has 4 heteroatoms. The van der Waals surface area contributed by atoms with Crippen LogP contribution < -0.4 is 5.32 Å². The van der Waals surface area contributed by atoms with E-state index in [0.29, 0.717) is 24.3 Å². The van der Waals surface area contributed by atoms with E-state index in [2.05, 4.69) is 17.1 Å². The number of carbonyl (C=O) groups excluding carboxylic acids is 1. The highest BCUT2D eigenvalue weighted by Crippen LogP contribution is 2.23. The van der Waals surface area contributed by atoms with Crippen LogP contribution in [0.4, 0.5) is 0 Å². The second-order valence-electron chi connectivity index (χ2n) is 7.03. The highest BCUT2D eigenvalue weighted by molar-refractivity contribution is 5.76. The lowest BCUT2D eigenvalue weighted by Gasteiger charge is -2.37. The number of aliphatic hydroxyl groups excluding tert-OH is 1. The molecule has 1 aliphatic heterocycles. The Morgan fingerprint density at radius 3 is 2.62 bits per heavy atom. The molecule has 1 saturated heterocycles. The summed E-state index contributed by atoms with van der Waals surface area (Å²) in [5, 5.41) is 12.4. The van der Waals surface area contributed by atoms with E-state index < -0.39 is 0 Å². The van der Waals surface area contributed by atoms with Crippen LogP contribution in [-0.4, -0.2) is 48.2 Å². The van der Waals surface area contributed by atoms with Crippen molar-refractivity contribution in [1.29, 1.82) is 0 Å². The third-order valence-corrected chi connectivity index (χ3v) is 5.31. The van der Waals surface area contributed by atoms with Crippen LogP contribution >= 0.6 is 0 Å². The van der Waals surface area contributed by atoms with Gasteiger partial charge in [0.1, 0.15) is 0 Å². The van der Waals surface area contributed by atoms with Crippen molar-refractivity contribution in [2.24, 2.45) is 11.8 Å². The molecule has 0 bridgehead atoms. The Kier molecular flexibility index (Phi) is 6.97. The largest absolute Gasteiger partial charge is 0.396 e. The molecule has 4 nitrogen and oxygen atoms in total. The molecule has 0 aromatic carbocycles. The fourth-order valence-electron chi connectivity index (χ4n) is 3.71. The van der Waals surface area contributed by atoms with E-state index in [9.17, 15) is 9.90 Å². The molecule has 0 aromatic heterocycles. The van der Waals surface area contributed by atoms with Crippen molar-refractivity contribution in [3.8, 4) is 0 Å². The van der Waals surface area contributed by atoms with Gasteiger partial charge in [-0.05, 0) is 44.4 Å². The molecule has 21 heavy (non-hydrogen) atoms. The Balaban J connectivity index is 1.63. The van der Waals surface area contributed by atoms with Gasteiger partial charge in [-0.15, -0.1) is 0 Å². The average molecular weight is 296 g/mol. The summed E-state index contributed by atoms with van der Waals surface area (Å²) in [6, 6.07) is 0.541. The number of rotatable bonds is 6. The third kappa shape index (κ3) is 5.59. The summed E-state index contributed by atoms with van der Waals surface area (Å²) < 4.78 is 0. The molecule has 0 radical (unpaired) electrons. The SMILES string of the molecule is CC1CCC(CO)CN1CCC(=O)NCC1CCCCC1. The standard InChI is InChI=1S/C17H32N2O2/c1-14-7-8-16(13-20)12-19(14)10-9-17(21)18-11-15-5-3-2-4-6-15/h14-16,20H,2-13H2,1H3,(H,18,21). The molecule has 0 spiro atoms. The predicted octanol–water partition coefficient (Wildman–Crippen LogP) is 2.17. The highest BCUT2D eigenvalue weighted by Gasteiger charge is 2.25. The predicted molar refractivity (Wildman–Crippen MR) is 85.0 cm³/mol. The second-order valence-corrected chi connectivity index (χ2v) is 7.03. The zero-order valence-electron chi connectivity index (χ0n) is 13.5. The van der Waals surface area contributed by atoms with E-state index in [1.54, 1.807) is 0 Å². The smallest absolute Gasteiger partial charge is 0.221 e. The summed E-state index contributed by atoms with van der Waals surface area (Å²) in [4.78, 5) is 14.4. The van der Waals surface area contributed by atoms with Crippen molar-refractivity contribution < 1.29 is 9.90 Å². The first kappa shape index (κ1) is 16.8. The molecule has 1 amide bonds. The van der Waals surface area contributed by atoms with Crippen LogP contribution in [0.5, 0.6) is 0 Å². The van der Waals surface area contributed by atoms with Crippen molar-refractivity contribution in [2.75, 3.05) is 26.2 Å². The molecule has 2 rings (SSSR count). The minimum Gasteiger partial charge on any atom is -0.396 e. The van der Waals surface area contributed by atoms with Gasteiger partial charge in [0.15, 0.2) is 0 Å². The molecule has 2 fully saturated rings. The van der Waals surface area contributed by atoms with Crippen LogP contribution in [0, 0.1) is 11.8 Å². The van der Waals surface area contributed by atoms with Crippen molar-refractivity contribution in [3.05, 3.63) is 0 Å². The first-order valence-corrected chi connectivity index (χ1v) is 8.80. The molecule has 1 aliphatic carbocycles. The summed E-state index contributed by atoms with van der Waals surface area (Å²) in [6.07, 6.45) is 9.42. The molecule has 1 saturated carbocycles. The van der Waals surface area contributed by atoms with Gasteiger partial charge in [-0.1, -0.05) is 19.3 Å². The van der Waals surface area contributed by atoms with E-state index in [-0.39, 0.29) is 12.5 Å². The molecule has 2 atom stereocenters. The van der Waals surface area contributed by atoms with Gasteiger partial charge in [0.25, 0.3) is 0 Å². The van der Waals surface area contributed by atoms with Gasteiger partial charge in [-0.3, -0.25) is 9.69 Å². The summed E-state index contributed by atoms with van der Waals surface area (Å²) in [5.41, 5.74) is 0. The molecule has 2 N–H and O–H groups in total. The van der Waals surface area contributed by atoms with Crippen LogP contribution in [0.25, 0.3) is 0 Å². The Morgan fingerprint density at radius 2 is 1.90 bits per heavy atom. The molecule has 2 aliphatic rings. The van der Waals surface area contributed by atoms with Crippen LogP contribution in [0.1, 0.15) is 58.3 Å². The maximum absolute atomic E-state index is 12.0. The van der Waals surface area contributed by atoms with Gasteiger partial charge < -0.3 is 10.4 Å². The number of carbonyl (C=O) groups is 1. The maximum Gasteiger partial charge on any atom is 0.221 e. The lowest BCUT2D eigenvalue weighted by Crippen LogP contribution is -2.44. The van der Waals surface area contributed by atoms with Crippen LogP contribution in [0.2, 0.25) is 0 Å². The Hall–Kier alpha value is -0.610. The highest BCUT2D eigenvalue weighted by atomic mass is 16.3. The van der Waals surface area contributed by atoms with Crippen LogP contribution in [0.3, 0.4) is 0 Å². The summed E-state index contributed by atoms with van der Waals surface area (Å²) >= 11 is 0. The number of hydrogen-bond donors (Lipinski definition) is 2. The Morgan fingerprint density at radius 1 is 1.14 bits per heavy atom. The van der Waals surface area contributed by atoms with E-state index in [1.807, 2.05) is 0 Å². The summed E-state index contributed by atoms with van der Waals surface area (Å²) in [6.45, 7) is 5.14. The van der Waals surface area contributed by atoms with E-state index >= 15 is 0 Å². The number of nitrogens with zero attached hydrogens (tertiary/aromatic N) is 1. The quantitative estimate of drug-likeness (QED) is 0.790. The Labute approximate surface area is 129 Å². The topological polar surface area (TPSA) is 52.6 Å². The van der Waals surface area contributed by atoms with Crippen molar-refractivity contribution in [2.45, 2.75) is 64.3 Å². The van der Waals surface area contributed by atoms with Gasteiger partial charge in [0.05, 0.1) is 0 Å². The number of likely N-dealkylation sites (tertiary alicyclic amines) is 1. The first-order chi connectivity index (χ1) is 10.2. The fourth-order valence-corrected chi connectivity index (χ4v) is 3.71. The van der Waals surface area contributed by atoms with E-state index in [0.717, 1.165) is 32.5 Å². The number of aliphatic hydroxyl groups is 1. The first-order valence-electron chi connectivity index (χ1n) is 8.80. The zero-order chi connectivity index (χ0) is 15.1. The monoisotopic (exact) mass is 296 g/mol. The van der Waals surface area contributed by atoms with E-state index in [4.69, 9.17) is 0 Å². The summed E-state index contributed by atoms with van der Waals surface area (Å²) in [7, 11) is 0. The molecular weight excluding hydrogens is 264 g/mol. The Bertz CT molecular complexity index is 316. The molecule has 2 unspecified atom stereocenters. The lowest BCUT2D eigenvalue weighted by atomic mass is 9.89. The molecule has 122 valence electrons. The maximum atomic E-state index is 12.0. The van der Waals surface area contributed by atoms with Crippen molar-refractivity contribution >= 4 is 5.91 Å². The van der Waals surface area contributed by atoms with Gasteiger partial charge in [0, 0.05) is 38.7 Å². The van der Waals surface area contributed by atoms with Crippen LogP contribution in [-0.2, 0) is 4.79 Å². The normalized spacial score (nSPS) is 28.5. The van der Waals surface area contributed by atoms with Crippen molar-refractivity contribution in [1.82, 2.24) is 10.2 Å². The number of amides is 1. The number of piperidine rings is 1. The minimum atomic E-state index is 0.193. The molecule has 1 heterocycles. The lowest BCUT2D eigenvalue weighted by molar-refractivity contribution is -0.121. The van der Waals surface area contributed by atoms with Gasteiger partial charge in [-0.25, -0.2) is 0 Å². The average Bonchev–Trinajstić information content (AvgIpc) is 2.53. The fraction of sp³-hybridized carbons (Fsp3) is 0.941. The third-order valence-electron chi connectivity index (χ3n) is 5.31. The summed E-state index contributed by atoms with van der Waals surface area (Å²) in [5.74, 6) is 1.29. The van der Waals surface area contributed by atoms with Gasteiger partial charge in [-0.2, -0.15) is 0 Å². The van der Waals surface area contributed by atoms with Gasteiger partial charge in [0.2, 0.25) is 5.91 Å². The minimum absolute atomic E-state index is 0.193. The van der Waals surface area contributed by atoms with Crippen LogP contribution in [0.15, 0.2) is 0 Å². The van der Waals surface area contributed by atoms with E-state index in [1.165, 1.54) is 32.1 Å². The second kappa shape index (κ2) is 8.74. The molecular formula is C17H32N2O2. The number of nitrogens with one attached hydrogen (secondary N) is 1.